The summed E-state index contributed by atoms with van der Waals surface area (Å²) in [5, 5.41) is 7.46. The van der Waals surface area contributed by atoms with Crippen molar-refractivity contribution < 1.29 is 14.3 Å². The zero-order chi connectivity index (χ0) is 21.3. The lowest BCUT2D eigenvalue weighted by molar-refractivity contribution is 0.0934. The maximum atomic E-state index is 12.9. The van der Waals surface area contributed by atoms with E-state index in [0.717, 1.165) is 39.7 Å². The van der Waals surface area contributed by atoms with Gasteiger partial charge in [0.25, 0.3) is 5.91 Å². The number of anilines is 2. The maximum absolute atomic E-state index is 12.9. The van der Waals surface area contributed by atoms with Crippen molar-refractivity contribution in [3.05, 3.63) is 45.8 Å². The Morgan fingerprint density at radius 3 is 2.60 bits per heavy atom. The molecule has 2 aliphatic heterocycles. The minimum atomic E-state index is -0.293. The highest BCUT2D eigenvalue weighted by Gasteiger charge is 2.34. The molecule has 0 aliphatic carbocycles. The van der Waals surface area contributed by atoms with Crippen LogP contribution in [0.4, 0.5) is 15.5 Å². The average Bonchev–Trinajstić information content (AvgIpc) is 3.13. The zero-order valence-electron chi connectivity index (χ0n) is 17.7. The number of hydrogen-bond donors (Lipinski definition) is 2. The predicted molar refractivity (Wildman–Crippen MR) is 119 cm³/mol. The molecule has 8 heteroatoms. The van der Waals surface area contributed by atoms with Crippen molar-refractivity contribution >= 4 is 34.0 Å². The normalized spacial score (nSPS) is 17.5. The number of nitrogens with one attached hydrogen (secondary N) is 2. The molecule has 30 heavy (non-hydrogen) atoms. The number of hydrogen-bond acceptors (Lipinski definition) is 6. The molecular weight excluding hydrogens is 400 g/mol. The van der Waals surface area contributed by atoms with E-state index < -0.39 is 0 Å². The number of fused-ring (bicyclic) bond motifs is 3. The quantitative estimate of drug-likeness (QED) is 0.754. The molecule has 0 saturated heterocycles. The Hall–Kier alpha value is -2.74. The second-order valence-electron chi connectivity index (χ2n) is 7.39. The number of ether oxygens (including phenoxy) is 1. The largest absolute Gasteiger partial charge is 0.450 e. The van der Waals surface area contributed by atoms with Crippen molar-refractivity contribution in [2.45, 2.75) is 39.9 Å². The molecule has 3 heterocycles. The van der Waals surface area contributed by atoms with Gasteiger partial charge in [0.15, 0.2) is 0 Å². The summed E-state index contributed by atoms with van der Waals surface area (Å²) in [5.41, 5.74) is 3.98. The van der Waals surface area contributed by atoms with Crippen molar-refractivity contribution in [2.75, 3.05) is 36.5 Å². The summed E-state index contributed by atoms with van der Waals surface area (Å²) in [6.07, 6.45) is 0.105. The van der Waals surface area contributed by atoms with Crippen molar-refractivity contribution in [3.8, 4) is 0 Å². The summed E-state index contributed by atoms with van der Waals surface area (Å²) in [6, 6.07) is 8.32. The third-order valence-corrected chi connectivity index (χ3v) is 6.86. The number of nitrogens with zero attached hydrogens (tertiary/aromatic N) is 2. The van der Waals surface area contributed by atoms with E-state index in [9.17, 15) is 9.59 Å². The van der Waals surface area contributed by atoms with Crippen LogP contribution >= 0.6 is 11.3 Å². The molecule has 4 rings (SSSR count). The summed E-state index contributed by atoms with van der Waals surface area (Å²) in [5.74, 6) is -0.0522. The summed E-state index contributed by atoms with van der Waals surface area (Å²) >= 11 is 1.56. The number of benzene rings is 1. The molecule has 1 aromatic heterocycles. The van der Waals surface area contributed by atoms with Gasteiger partial charge >= 0.3 is 6.09 Å². The summed E-state index contributed by atoms with van der Waals surface area (Å²) in [6.45, 7) is 9.43. The first-order chi connectivity index (χ1) is 14.5. The van der Waals surface area contributed by atoms with Crippen molar-refractivity contribution in [3.63, 3.8) is 0 Å². The van der Waals surface area contributed by atoms with Gasteiger partial charge in [-0.05, 0) is 50.5 Å². The zero-order valence-corrected chi connectivity index (χ0v) is 18.5. The first-order valence-corrected chi connectivity index (χ1v) is 11.4. The highest BCUT2D eigenvalue weighted by Crippen LogP contribution is 2.41. The molecule has 2 N–H and O–H groups in total. The summed E-state index contributed by atoms with van der Waals surface area (Å²) in [4.78, 5) is 30.1. The van der Waals surface area contributed by atoms with Gasteiger partial charge in [-0.1, -0.05) is 12.1 Å². The molecule has 0 saturated carbocycles. The first kappa shape index (κ1) is 20.5. The Morgan fingerprint density at radius 1 is 1.20 bits per heavy atom. The van der Waals surface area contributed by atoms with Gasteiger partial charge in [0.05, 0.1) is 18.7 Å². The molecule has 0 radical (unpaired) electrons. The smallest absolute Gasteiger partial charge is 0.410 e. The average molecular weight is 429 g/mol. The Balaban J connectivity index is 1.54. The minimum Gasteiger partial charge on any atom is -0.450 e. The van der Waals surface area contributed by atoms with Crippen molar-refractivity contribution in [1.29, 1.82) is 0 Å². The van der Waals surface area contributed by atoms with Crippen LogP contribution in [0.15, 0.2) is 24.3 Å². The van der Waals surface area contributed by atoms with E-state index in [0.29, 0.717) is 26.1 Å². The summed E-state index contributed by atoms with van der Waals surface area (Å²) in [7, 11) is 0. The van der Waals surface area contributed by atoms with Crippen LogP contribution in [-0.4, -0.2) is 43.1 Å². The van der Waals surface area contributed by atoms with Crippen LogP contribution in [0.25, 0.3) is 0 Å². The second-order valence-corrected chi connectivity index (χ2v) is 8.50. The Kier molecular flexibility index (Phi) is 5.85. The molecule has 7 nitrogen and oxygen atoms in total. The molecule has 0 unspecified atom stereocenters. The Labute approximate surface area is 181 Å². The van der Waals surface area contributed by atoms with Crippen molar-refractivity contribution in [1.82, 2.24) is 10.2 Å². The molecule has 1 atom stereocenters. The van der Waals surface area contributed by atoms with Gasteiger partial charge in [-0.15, -0.1) is 11.3 Å². The van der Waals surface area contributed by atoms with E-state index in [4.69, 9.17) is 4.74 Å². The van der Waals surface area contributed by atoms with Crippen LogP contribution in [0.1, 0.15) is 53.3 Å². The SMILES string of the molecule is CCOC(=O)N1CCc2c(sc3c2C(=O)N[C@@H](c2ccc(N(CC)CC)cc2)N3)C1. The van der Waals surface area contributed by atoms with E-state index in [1.165, 1.54) is 5.69 Å². The lowest BCUT2D eigenvalue weighted by atomic mass is 10.0. The van der Waals surface area contributed by atoms with Gasteiger partial charge in [-0.2, -0.15) is 0 Å². The summed E-state index contributed by atoms with van der Waals surface area (Å²) < 4.78 is 5.13. The monoisotopic (exact) mass is 428 g/mol. The molecule has 2 aliphatic rings. The molecule has 0 spiro atoms. The minimum absolute atomic E-state index is 0.0522. The van der Waals surface area contributed by atoms with Crippen LogP contribution < -0.4 is 15.5 Å². The van der Waals surface area contributed by atoms with E-state index >= 15 is 0 Å². The number of thiophene rings is 1. The van der Waals surface area contributed by atoms with Gasteiger partial charge < -0.3 is 25.2 Å². The number of amides is 2. The topological polar surface area (TPSA) is 73.9 Å². The molecular formula is C22H28N4O3S. The van der Waals surface area contributed by atoms with Crippen LogP contribution in [-0.2, 0) is 17.7 Å². The fraction of sp³-hybridized carbons (Fsp3) is 0.455. The number of carbonyl (C=O) groups is 2. The molecule has 1 aromatic carbocycles. The van der Waals surface area contributed by atoms with E-state index in [1.54, 1.807) is 23.2 Å². The molecule has 0 fully saturated rings. The van der Waals surface area contributed by atoms with E-state index in [2.05, 4.69) is 53.6 Å². The lowest BCUT2D eigenvalue weighted by Crippen LogP contribution is -2.39. The first-order valence-electron chi connectivity index (χ1n) is 10.5. The standard InChI is InChI=1S/C22H28N4O3S/c1-4-25(5-2)15-9-7-14(8-10-15)19-23-20(27)18-16-11-12-26(22(28)29-6-3)13-17(16)30-21(18)24-19/h7-10,19,24H,4-6,11-13H2,1-3H3,(H,23,27)/t19-/m1/s1. The molecule has 2 aromatic rings. The van der Waals surface area contributed by atoms with Crippen LogP contribution in [0.3, 0.4) is 0 Å². The Morgan fingerprint density at radius 2 is 1.93 bits per heavy atom. The third kappa shape index (κ3) is 3.71. The van der Waals surface area contributed by atoms with Crippen LogP contribution in [0.5, 0.6) is 0 Å². The predicted octanol–water partition coefficient (Wildman–Crippen LogP) is 3.96. The fourth-order valence-electron chi connectivity index (χ4n) is 4.12. The second kappa shape index (κ2) is 8.55. The highest BCUT2D eigenvalue weighted by molar-refractivity contribution is 7.16. The van der Waals surface area contributed by atoms with Gasteiger partial charge in [0, 0.05) is 30.2 Å². The van der Waals surface area contributed by atoms with Gasteiger partial charge in [-0.3, -0.25) is 4.79 Å². The van der Waals surface area contributed by atoms with Gasteiger partial charge in [-0.25, -0.2) is 4.79 Å². The number of rotatable bonds is 5. The molecule has 160 valence electrons. The third-order valence-electron chi connectivity index (χ3n) is 5.72. The van der Waals surface area contributed by atoms with Crippen molar-refractivity contribution in [2.24, 2.45) is 0 Å². The van der Waals surface area contributed by atoms with Crippen LogP contribution in [0, 0.1) is 0 Å². The molecule has 0 bridgehead atoms. The van der Waals surface area contributed by atoms with Crippen LogP contribution in [0.2, 0.25) is 0 Å². The van der Waals surface area contributed by atoms with E-state index in [-0.39, 0.29) is 18.2 Å². The Bertz CT molecular complexity index is 937. The van der Waals surface area contributed by atoms with Gasteiger partial charge in [0.2, 0.25) is 0 Å². The van der Waals surface area contributed by atoms with Gasteiger partial charge in [0.1, 0.15) is 11.2 Å². The fourth-order valence-corrected chi connectivity index (χ4v) is 5.41. The highest BCUT2D eigenvalue weighted by atomic mass is 32.1. The molecule has 2 amide bonds. The maximum Gasteiger partial charge on any atom is 0.410 e. The number of carbonyl (C=O) groups excluding carboxylic acids is 2. The lowest BCUT2D eigenvalue weighted by Gasteiger charge is -2.28. The van der Waals surface area contributed by atoms with E-state index in [1.807, 2.05) is 0 Å².